The Kier molecular flexibility index (Phi) is 4.52. The van der Waals surface area contributed by atoms with E-state index in [9.17, 15) is 8.42 Å². The first-order valence-corrected chi connectivity index (χ1v) is 12.4. The summed E-state index contributed by atoms with van der Waals surface area (Å²) in [6.07, 6.45) is 5.25. The van der Waals surface area contributed by atoms with Crippen molar-refractivity contribution in [3.63, 3.8) is 0 Å². The van der Waals surface area contributed by atoms with Gasteiger partial charge in [0.2, 0.25) is 5.88 Å². The highest BCUT2D eigenvalue weighted by Gasteiger charge is 2.28. The first-order valence-electron chi connectivity index (χ1n) is 10.9. The summed E-state index contributed by atoms with van der Waals surface area (Å²) >= 11 is 0. The number of aryl methyl sites for hydroxylation is 3. The van der Waals surface area contributed by atoms with E-state index in [0.29, 0.717) is 33.7 Å². The van der Waals surface area contributed by atoms with Crippen molar-refractivity contribution in [1.29, 1.82) is 0 Å². The Morgan fingerprint density at radius 3 is 2.51 bits per heavy atom. The van der Waals surface area contributed by atoms with Crippen LogP contribution < -0.4 is 4.74 Å². The van der Waals surface area contributed by atoms with Gasteiger partial charge in [0.05, 0.1) is 34.9 Å². The third-order valence-electron chi connectivity index (χ3n) is 6.33. The van der Waals surface area contributed by atoms with Crippen molar-refractivity contribution >= 4 is 43.0 Å². The largest absolute Gasteiger partial charge is 0.481 e. The summed E-state index contributed by atoms with van der Waals surface area (Å²) in [6.45, 7) is 1.92. The second-order valence-electron chi connectivity index (χ2n) is 8.55. The van der Waals surface area contributed by atoms with E-state index >= 15 is 0 Å². The first kappa shape index (κ1) is 21.4. The number of aromatic nitrogens is 6. The summed E-state index contributed by atoms with van der Waals surface area (Å²) in [4.78, 5) is 9.41. The summed E-state index contributed by atoms with van der Waals surface area (Å²) in [7, 11) is 1.29. The van der Waals surface area contributed by atoms with Gasteiger partial charge in [-0.05, 0) is 31.2 Å². The molecule has 0 fully saturated rings. The van der Waals surface area contributed by atoms with Crippen LogP contribution in [-0.4, -0.2) is 43.8 Å². The molecule has 10 heteroatoms. The maximum Gasteiger partial charge on any atom is 0.269 e. The number of nitrogens with zero attached hydrogens (tertiary/aromatic N) is 6. The Morgan fingerprint density at radius 1 is 1.00 bits per heavy atom. The molecule has 1 aromatic carbocycles. The summed E-state index contributed by atoms with van der Waals surface area (Å²) in [5.41, 5.74) is 4.72. The van der Waals surface area contributed by atoms with Crippen molar-refractivity contribution in [1.82, 2.24) is 28.3 Å². The van der Waals surface area contributed by atoms with Crippen LogP contribution in [0.15, 0.2) is 66.0 Å². The summed E-state index contributed by atoms with van der Waals surface area (Å²) < 4.78 is 38.5. The Balaban J connectivity index is 1.77. The van der Waals surface area contributed by atoms with Crippen LogP contribution in [0.25, 0.3) is 44.2 Å². The number of fused-ring (bicyclic) bond motifs is 4. The van der Waals surface area contributed by atoms with E-state index in [0.717, 1.165) is 22.0 Å². The number of ether oxygens (including phenoxy) is 1. The van der Waals surface area contributed by atoms with Crippen molar-refractivity contribution in [2.75, 3.05) is 7.11 Å². The molecule has 0 amide bonds. The second-order valence-corrected chi connectivity index (χ2v) is 10.3. The molecule has 0 unspecified atom stereocenters. The zero-order valence-electron chi connectivity index (χ0n) is 19.6. The van der Waals surface area contributed by atoms with Crippen molar-refractivity contribution in [3.05, 3.63) is 66.6 Å². The highest BCUT2D eigenvalue weighted by Crippen LogP contribution is 2.38. The molecule has 35 heavy (non-hydrogen) atoms. The van der Waals surface area contributed by atoms with Crippen molar-refractivity contribution in [2.24, 2.45) is 14.1 Å². The lowest BCUT2D eigenvalue weighted by Gasteiger charge is -2.11. The third-order valence-corrected chi connectivity index (χ3v) is 8.05. The van der Waals surface area contributed by atoms with Crippen LogP contribution in [0.3, 0.4) is 0 Å². The average Bonchev–Trinajstić information content (AvgIpc) is 3.52. The summed E-state index contributed by atoms with van der Waals surface area (Å²) in [5, 5.41) is 5.87. The Labute approximate surface area is 201 Å². The van der Waals surface area contributed by atoms with Crippen molar-refractivity contribution < 1.29 is 13.2 Å². The molecule has 5 heterocycles. The van der Waals surface area contributed by atoms with Gasteiger partial charge < -0.3 is 9.30 Å². The summed E-state index contributed by atoms with van der Waals surface area (Å²) in [5.74, 6) is 0.446. The molecule has 0 saturated carbocycles. The van der Waals surface area contributed by atoms with Gasteiger partial charge in [-0.2, -0.15) is 5.10 Å². The average molecular weight is 487 g/mol. The fraction of sp³-hybridized carbons (Fsp3) is 0.160. The molecule has 0 radical (unpaired) electrons. The molecule has 176 valence electrons. The van der Waals surface area contributed by atoms with Gasteiger partial charge >= 0.3 is 0 Å². The van der Waals surface area contributed by atoms with Crippen LogP contribution in [0.2, 0.25) is 0 Å². The van der Waals surface area contributed by atoms with Crippen LogP contribution in [0.5, 0.6) is 5.88 Å². The lowest BCUT2D eigenvalue weighted by molar-refractivity contribution is 0.399. The van der Waals surface area contributed by atoms with Crippen LogP contribution in [-0.2, 0) is 24.1 Å². The zero-order chi connectivity index (χ0) is 24.5. The normalized spacial score (nSPS) is 12.2. The van der Waals surface area contributed by atoms with E-state index in [1.165, 1.54) is 3.97 Å². The maximum absolute atomic E-state index is 14.1. The highest BCUT2D eigenvalue weighted by atomic mass is 32.2. The quantitative estimate of drug-likeness (QED) is 0.373. The molecule has 0 spiro atoms. The van der Waals surface area contributed by atoms with Gasteiger partial charge in [0.15, 0.2) is 5.65 Å². The van der Waals surface area contributed by atoms with E-state index < -0.39 is 10.0 Å². The van der Waals surface area contributed by atoms with Crippen LogP contribution in [0.1, 0.15) is 5.56 Å². The van der Waals surface area contributed by atoms with Gasteiger partial charge in [0.1, 0.15) is 5.52 Å². The molecule has 0 bridgehead atoms. The lowest BCUT2D eigenvalue weighted by Crippen LogP contribution is -2.14. The van der Waals surface area contributed by atoms with Gasteiger partial charge in [-0.3, -0.25) is 4.68 Å². The fourth-order valence-corrected chi connectivity index (χ4v) is 6.05. The number of benzene rings is 1. The van der Waals surface area contributed by atoms with Gasteiger partial charge in [-0.1, -0.05) is 17.7 Å². The van der Waals surface area contributed by atoms with E-state index in [4.69, 9.17) is 4.74 Å². The predicted octanol–water partition coefficient (Wildman–Crippen LogP) is 4.03. The predicted molar refractivity (Wildman–Crippen MR) is 134 cm³/mol. The molecular weight excluding hydrogens is 464 g/mol. The molecule has 0 aliphatic rings. The molecule has 9 nitrogen and oxygen atoms in total. The maximum atomic E-state index is 14.1. The summed E-state index contributed by atoms with van der Waals surface area (Å²) in [6, 6.07) is 12.4. The van der Waals surface area contributed by atoms with Gasteiger partial charge in [0, 0.05) is 48.9 Å². The molecule has 0 N–H and O–H groups in total. The monoisotopic (exact) mass is 486 g/mol. The first-order chi connectivity index (χ1) is 16.8. The van der Waals surface area contributed by atoms with E-state index in [2.05, 4.69) is 15.1 Å². The van der Waals surface area contributed by atoms with Gasteiger partial charge in [-0.25, -0.2) is 22.4 Å². The molecule has 0 atom stereocenters. The number of hydrogen-bond acceptors (Lipinski definition) is 6. The van der Waals surface area contributed by atoms with E-state index in [1.807, 2.05) is 43.9 Å². The lowest BCUT2D eigenvalue weighted by atomic mass is 10.2. The number of pyridine rings is 2. The number of hydrogen-bond donors (Lipinski definition) is 0. The SMILES string of the molecule is COc1ccc2c(n1)c(-c1cc3c4c(cnc3n1S(=O)(=O)c1ccc(C)cc1)cnn4C)cn2C. The van der Waals surface area contributed by atoms with Gasteiger partial charge in [-0.15, -0.1) is 0 Å². The molecule has 5 aromatic heterocycles. The Hall–Kier alpha value is -4.18. The van der Waals surface area contributed by atoms with Crippen LogP contribution in [0.4, 0.5) is 0 Å². The van der Waals surface area contributed by atoms with E-state index in [-0.39, 0.29) is 4.90 Å². The van der Waals surface area contributed by atoms with Crippen molar-refractivity contribution in [2.45, 2.75) is 11.8 Å². The number of methoxy groups -OCH3 is 1. The smallest absolute Gasteiger partial charge is 0.269 e. The minimum absolute atomic E-state index is 0.180. The molecule has 0 aliphatic heterocycles. The Bertz CT molecular complexity index is 1880. The van der Waals surface area contributed by atoms with Crippen LogP contribution in [0, 0.1) is 6.92 Å². The van der Waals surface area contributed by atoms with Crippen molar-refractivity contribution in [3.8, 4) is 17.1 Å². The number of rotatable bonds is 4. The second kappa shape index (κ2) is 7.41. The molecule has 0 saturated heterocycles. The van der Waals surface area contributed by atoms with E-state index in [1.54, 1.807) is 54.5 Å². The zero-order valence-corrected chi connectivity index (χ0v) is 20.4. The highest BCUT2D eigenvalue weighted by molar-refractivity contribution is 7.90. The molecule has 6 rings (SSSR count). The minimum atomic E-state index is -4.00. The molecule has 6 aromatic rings. The Morgan fingerprint density at radius 2 is 1.77 bits per heavy atom. The molecular formula is C25H22N6O3S. The van der Waals surface area contributed by atoms with Crippen LogP contribution >= 0.6 is 0 Å². The topological polar surface area (TPSA) is 96.8 Å². The minimum Gasteiger partial charge on any atom is -0.481 e. The standard InChI is InChI=1S/C25H22N6O3S/c1-15-5-7-17(8-6-15)35(32,33)31-21(11-18-24-16(12-26-25(18)31)13-27-30(24)3)19-14-29(2)20-9-10-22(34-4)28-23(19)20/h5-14H,1-4H3. The third kappa shape index (κ3) is 3.06. The van der Waals surface area contributed by atoms with Gasteiger partial charge in [0.25, 0.3) is 10.0 Å². The fourth-order valence-electron chi connectivity index (χ4n) is 4.58. The molecule has 0 aliphatic carbocycles.